The highest BCUT2D eigenvalue weighted by atomic mass is 32.1. The largest absolute Gasteiger partial charge is 0.494 e. The fourth-order valence-corrected chi connectivity index (χ4v) is 2.71. The molecule has 3 N–H and O–H groups in total. The molecule has 0 unspecified atom stereocenters. The van der Waals surface area contributed by atoms with Crippen LogP contribution in [0, 0.1) is 5.92 Å². The zero-order valence-corrected chi connectivity index (χ0v) is 17.8. The number of hydrogen-bond donors (Lipinski definition) is 3. The van der Waals surface area contributed by atoms with Gasteiger partial charge in [0.1, 0.15) is 5.75 Å². The molecule has 0 saturated carbocycles. The SMILES string of the molecule is CCCOc1cccc(C(=O)NC(=S)Nc2ccc(NC(=O)CC(C)C)cc2)c1. The first-order valence-corrected chi connectivity index (χ1v) is 10.0. The molecule has 2 aromatic carbocycles. The molecule has 0 saturated heterocycles. The quantitative estimate of drug-likeness (QED) is 0.552. The lowest BCUT2D eigenvalue weighted by molar-refractivity contribution is -0.116. The molecule has 0 aliphatic rings. The zero-order valence-electron chi connectivity index (χ0n) is 17.0. The molecule has 29 heavy (non-hydrogen) atoms. The summed E-state index contributed by atoms with van der Waals surface area (Å²) < 4.78 is 5.55. The van der Waals surface area contributed by atoms with Crippen LogP contribution in [0.5, 0.6) is 5.75 Å². The van der Waals surface area contributed by atoms with Gasteiger partial charge in [0, 0.05) is 23.4 Å². The van der Waals surface area contributed by atoms with Crippen molar-refractivity contribution in [2.75, 3.05) is 17.2 Å². The number of anilines is 2. The van der Waals surface area contributed by atoms with Crippen molar-refractivity contribution in [2.24, 2.45) is 5.92 Å². The normalized spacial score (nSPS) is 10.3. The minimum absolute atomic E-state index is 0.0198. The van der Waals surface area contributed by atoms with E-state index in [0.29, 0.717) is 41.6 Å². The maximum absolute atomic E-state index is 12.4. The van der Waals surface area contributed by atoms with Crippen LogP contribution in [-0.2, 0) is 4.79 Å². The van der Waals surface area contributed by atoms with Crippen molar-refractivity contribution in [1.29, 1.82) is 0 Å². The van der Waals surface area contributed by atoms with Crippen molar-refractivity contribution in [1.82, 2.24) is 5.32 Å². The number of carbonyl (C=O) groups is 2. The Morgan fingerprint density at radius 3 is 2.31 bits per heavy atom. The van der Waals surface area contributed by atoms with E-state index in [1.54, 1.807) is 42.5 Å². The maximum Gasteiger partial charge on any atom is 0.257 e. The fraction of sp³-hybridized carbons (Fsp3) is 0.318. The number of ether oxygens (including phenoxy) is 1. The van der Waals surface area contributed by atoms with Crippen LogP contribution in [0.1, 0.15) is 44.0 Å². The lowest BCUT2D eigenvalue weighted by Crippen LogP contribution is -2.34. The van der Waals surface area contributed by atoms with E-state index in [-0.39, 0.29) is 16.9 Å². The van der Waals surface area contributed by atoms with E-state index in [1.165, 1.54) is 0 Å². The first kappa shape index (κ1) is 22.4. The van der Waals surface area contributed by atoms with E-state index in [9.17, 15) is 9.59 Å². The summed E-state index contributed by atoms with van der Waals surface area (Å²) >= 11 is 5.22. The number of carbonyl (C=O) groups excluding carboxylic acids is 2. The molecule has 0 bridgehead atoms. The van der Waals surface area contributed by atoms with Gasteiger partial charge in [-0.15, -0.1) is 0 Å². The molecule has 2 amide bonds. The van der Waals surface area contributed by atoms with E-state index in [1.807, 2.05) is 26.8 Å². The molecule has 154 valence electrons. The Kier molecular flexibility index (Phi) is 8.61. The van der Waals surface area contributed by atoms with Crippen LogP contribution >= 0.6 is 12.2 Å². The molecule has 0 heterocycles. The third-order valence-electron chi connectivity index (χ3n) is 3.82. The average molecular weight is 414 g/mol. The highest BCUT2D eigenvalue weighted by Crippen LogP contribution is 2.16. The van der Waals surface area contributed by atoms with Gasteiger partial charge in [0.2, 0.25) is 5.91 Å². The van der Waals surface area contributed by atoms with Crippen LogP contribution in [0.15, 0.2) is 48.5 Å². The molecule has 0 aliphatic heterocycles. The van der Waals surface area contributed by atoms with E-state index >= 15 is 0 Å². The topological polar surface area (TPSA) is 79.5 Å². The summed E-state index contributed by atoms with van der Waals surface area (Å²) in [6.07, 6.45) is 1.37. The van der Waals surface area contributed by atoms with Crippen LogP contribution in [0.3, 0.4) is 0 Å². The molecular formula is C22H27N3O3S. The Labute approximate surface area is 177 Å². The minimum Gasteiger partial charge on any atom is -0.494 e. The second-order valence-electron chi connectivity index (χ2n) is 7.01. The highest BCUT2D eigenvalue weighted by Gasteiger charge is 2.10. The number of rotatable bonds is 8. The third kappa shape index (κ3) is 7.91. The number of benzene rings is 2. The molecule has 6 nitrogen and oxygen atoms in total. The van der Waals surface area contributed by atoms with Gasteiger partial charge >= 0.3 is 0 Å². The summed E-state index contributed by atoms with van der Waals surface area (Å²) in [5, 5.41) is 8.64. The van der Waals surface area contributed by atoms with Gasteiger partial charge in [0.05, 0.1) is 6.61 Å². The molecule has 0 atom stereocenters. The third-order valence-corrected chi connectivity index (χ3v) is 4.02. The van der Waals surface area contributed by atoms with Crippen LogP contribution in [-0.4, -0.2) is 23.5 Å². The van der Waals surface area contributed by atoms with Gasteiger partial charge in [-0.1, -0.05) is 26.8 Å². The van der Waals surface area contributed by atoms with E-state index in [4.69, 9.17) is 17.0 Å². The van der Waals surface area contributed by atoms with Gasteiger partial charge in [-0.05, 0) is 67.0 Å². The molecular weight excluding hydrogens is 386 g/mol. The zero-order chi connectivity index (χ0) is 21.2. The lowest BCUT2D eigenvalue weighted by atomic mass is 10.1. The predicted molar refractivity (Wildman–Crippen MR) is 120 cm³/mol. The van der Waals surface area contributed by atoms with Crippen molar-refractivity contribution in [3.8, 4) is 5.75 Å². The summed E-state index contributed by atoms with van der Waals surface area (Å²) in [7, 11) is 0. The van der Waals surface area contributed by atoms with Gasteiger partial charge in [-0.3, -0.25) is 14.9 Å². The number of nitrogens with one attached hydrogen (secondary N) is 3. The fourth-order valence-electron chi connectivity index (χ4n) is 2.50. The van der Waals surface area contributed by atoms with Crippen LogP contribution in [0.25, 0.3) is 0 Å². The monoisotopic (exact) mass is 413 g/mol. The summed E-state index contributed by atoms with van der Waals surface area (Å²) in [4.78, 5) is 24.2. The second kappa shape index (κ2) is 11.2. The molecule has 0 aromatic heterocycles. The van der Waals surface area contributed by atoms with Crippen LogP contribution in [0.4, 0.5) is 11.4 Å². The van der Waals surface area contributed by atoms with E-state index in [0.717, 1.165) is 6.42 Å². The summed E-state index contributed by atoms with van der Waals surface area (Å²) in [5.74, 6) is 0.611. The minimum atomic E-state index is -0.318. The molecule has 2 rings (SSSR count). The molecule has 7 heteroatoms. The molecule has 0 fully saturated rings. The Morgan fingerprint density at radius 1 is 1.03 bits per heavy atom. The molecule has 0 aliphatic carbocycles. The molecule has 0 radical (unpaired) electrons. The van der Waals surface area contributed by atoms with Crippen molar-refractivity contribution in [3.63, 3.8) is 0 Å². The van der Waals surface area contributed by atoms with Gasteiger partial charge in [0.25, 0.3) is 5.91 Å². The van der Waals surface area contributed by atoms with Gasteiger partial charge in [-0.2, -0.15) is 0 Å². The smallest absolute Gasteiger partial charge is 0.257 e. The number of thiocarbonyl (C=S) groups is 1. The summed E-state index contributed by atoms with van der Waals surface area (Å²) in [6, 6.07) is 14.1. The second-order valence-corrected chi connectivity index (χ2v) is 7.42. The van der Waals surface area contributed by atoms with Crippen molar-refractivity contribution >= 4 is 40.5 Å². The Bertz CT molecular complexity index is 851. The Morgan fingerprint density at radius 2 is 1.69 bits per heavy atom. The standard InChI is InChI=1S/C22H27N3O3S/c1-4-12-28-19-7-5-6-16(14-19)21(27)25-22(29)24-18-10-8-17(9-11-18)23-20(26)13-15(2)3/h5-11,14-15H,4,12-13H2,1-3H3,(H,23,26)(H2,24,25,27,29). The summed E-state index contributed by atoms with van der Waals surface area (Å²) in [6.45, 7) is 6.61. The van der Waals surface area contributed by atoms with Crippen LogP contribution in [0.2, 0.25) is 0 Å². The van der Waals surface area contributed by atoms with Gasteiger partial charge in [-0.25, -0.2) is 0 Å². The predicted octanol–water partition coefficient (Wildman–Crippen LogP) is 4.59. The van der Waals surface area contributed by atoms with Gasteiger partial charge in [0.15, 0.2) is 5.11 Å². The average Bonchev–Trinajstić information content (AvgIpc) is 2.67. The Hall–Kier alpha value is -2.93. The Balaban J connectivity index is 1.88. The van der Waals surface area contributed by atoms with Crippen molar-refractivity contribution in [2.45, 2.75) is 33.6 Å². The van der Waals surface area contributed by atoms with Crippen molar-refractivity contribution in [3.05, 3.63) is 54.1 Å². The lowest BCUT2D eigenvalue weighted by Gasteiger charge is -2.12. The van der Waals surface area contributed by atoms with Crippen molar-refractivity contribution < 1.29 is 14.3 Å². The van der Waals surface area contributed by atoms with E-state index < -0.39 is 0 Å². The number of amides is 2. The maximum atomic E-state index is 12.4. The highest BCUT2D eigenvalue weighted by molar-refractivity contribution is 7.80. The first-order chi connectivity index (χ1) is 13.9. The van der Waals surface area contributed by atoms with Gasteiger partial charge < -0.3 is 15.4 Å². The molecule has 2 aromatic rings. The number of hydrogen-bond acceptors (Lipinski definition) is 4. The summed E-state index contributed by atoms with van der Waals surface area (Å²) in [5.41, 5.74) is 1.88. The van der Waals surface area contributed by atoms with E-state index in [2.05, 4.69) is 16.0 Å². The van der Waals surface area contributed by atoms with Crippen LogP contribution < -0.4 is 20.7 Å². The molecule has 0 spiro atoms. The first-order valence-electron chi connectivity index (χ1n) is 9.62.